The average Bonchev–Trinajstić information content (AvgIpc) is 2.82. The van der Waals surface area contributed by atoms with E-state index in [9.17, 15) is 13.2 Å². The monoisotopic (exact) mass is 491 g/mol. The molecule has 0 aliphatic heterocycles. The maximum absolute atomic E-state index is 13.5. The van der Waals surface area contributed by atoms with Gasteiger partial charge in [-0.05, 0) is 62.4 Å². The zero-order valence-corrected chi connectivity index (χ0v) is 21.8. The molecule has 0 atom stereocenters. The van der Waals surface area contributed by atoms with E-state index in [-0.39, 0.29) is 10.3 Å². The zero-order valence-electron chi connectivity index (χ0n) is 20.9. The van der Waals surface area contributed by atoms with Gasteiger partial charge in [0.2, 0.25) is 0 Å². The van der Waals surface area contributed by atoms with Gasteiger partial charge in [-0.1, -0.05) is 79.6 Å². The first-order valence-electron chi connectivity index (χ1n) is 11.5. The van der Waals surface area contributed by atoms with Crippen LogP contribution in [0.3, 0.4) is 0 Å². The van der Waals surface area contributed by atoms with Crippen molar-refractivity contribution in [3.63, 3.8) is 0 Å². The lowest BCUT2D eigenvalue weighted by atomic mass is 9.80. The minimum atomic E-state index is -3.96. The number of benzene rings is 3. The van der Waals surface area contributed by atoms with Gasteiger partial charge >= 0.3 is 0 Å². The van der Waals surface area contributed by atoms with Gasteiger partial charge in [0, 0.05) is 5.71 Å². The quantitative estimate of drug-likeness (QED) is 0.323. The standard InChI is InChI=1S/C28H33N3O3S/c1-21-11-15-25(16-12-21)31(35(33,34)26-17-13-22(2)14-18-26)20-27(32)30-29-23(3)19-28(4,5)24-9-7-6-8-10-24/h6-18H,19-20H2,1-5H3,(H,30,32)/b29-23-. The zero-order chi connectivity index (χ0) is 25.6. The molecule has 0 fully saturated rings. The Bertz CT molecular complexity index is 1280. The molecule has 1 N–H and O–H groups in total. The molecule has 6 nitrogen and oxygen atoms in total. The molecule has 0 radical (unpaired) electrons. The molecule has 0 spiro atoms. The summed E-state index contributed by atoms with van der Waals surface area (Å²) in [6.07, 6.45) is 0.640. The molecule has 0 aliphatic carbocycles. The van der Waals surface area contributed by atoms with Crippen LogP contribution < -0.4 is 9.73 Å². The molecule has 0 heterocycles. The van der Waals surface area contributed by atoms with E-state index in [1.165, 1.54) is 5.56 Å². The maximum atomic E-state index is 13.5. The number of sulfonamides is 1. The van der Waals surface area contributed by atoms with Crippen molar-refractivity contribution in [3.05, 3.63) is 95.6 Å². The number of anilines is 1. The summed E-state index contributed by atoms with van der Waals surface area (Å²) < 4.78 is 28.0. The van der Waals surface area contributed by atoms with Crippen LogP contribution in [0, 0.1) is 13.8 Å². The lowest BCUT2D eigenvalue weighted by Gasteiger charge is -2.25. The van der Waals surface area contributed by atoms with Crippen molar-refractivity contribution < 1.29 is 13.2 Å². The van der Waals surface area contributed by atoms with Crippen LogP contribution in [-0.2, 0) is 20.2 Å². The predicted octanol–water partition coefficient (Wildman–Crippen LogP) is 5.36. The van der Waals surface area contributed by atoms with Crippen molar-refractivity contribution in [1.82, 2.24) is 5.43 Å². The van der Waals surface area contributed by atoms with Crippen molar-refractivity contribution >= 4 is 27.3 Å². The average molecular weight is 492 g/mol. The lowest BCUT2D eigenvalue weighted by molar-refractivity contribution is -0.119. The number of carbonyl (C=O) groups excluding carboxylic acids is 1. The van der Waals surface area contributed by atoms with Gasteiger partial charge in [-0.15, -0.1) is 0 Å². The van der Waals surface area contributed by atoms with Crippen molar-refractivity contribution in [2.24, 2.45) is 5.10 Å². The highest BCUT2D eigenvalue weighted by atomic mass is 32.2. The fourth-order valence-corrected chi connectivity index (χ4v) is 5.28. The molecular weight excluding hydrogens is 458 g/mol. The second-order valence-electron chi connectivity index (χ2n) is 9.47. The Kier molecular flexibility index (Phi) is 8.12. The number of rotatable bonds is 9. The van der Waals surface area contributed by atoms with Crippen molar-refractivity contribution in [2.45, 2.75) is 51.3 Å². The van der Waals surface area contributed by atoms with E-state index in [0.717, 1.165) is 21.1 Å². The number of hydrogen-bond acceptors (Lipinski definition) is 4. The molecule has 0 saturated heterocycles. The van der Waals surface area contributed by atoms with Gasteiger partial charge in [0.1, 0.15) is 6.54 Å². The molecule has 0 unspecified atom stereocenters. The summed E-state index contributed by atoms with van der Waals surface area (Å²) in [6, 6.07) is 23.7. The summed E-state index contributed by atoms with van der Waals surface area (Å²) >= 11 is 0. The molecule has 0 aromatic heterocycles. The van der Waals surface area contributed by atoms with Crippen LogP contribution in [-0.4, -0.2) is 26.6 Å². The van der Waals surface area contributed by atoms with Crippen molar-refractivity contribution in [1.29, 1.82) is 0 Å². The predicted molar refractivity (Wildman–Crippen MR) is 142 cm³/mol. The highest BCUT2D eigenvalue weighted by Gasteiger charge is 2.27. The number of aryl methyl sites for hydroxylation is 2. The van der Waals surface area contributed by atoms with Gasteiger partial charge < -0.3 is 0 Å². The first-order chi connectivity index (χ1) is 16.5. The van der Waals surface area contributed by atoms with Crippen LogP contribution in [0.1, 0.15) is 43.9 Å². The Hall–Kier alpha value is -3.45. The Morgan fingerprint density at radius 3 is 2.00 bits per heavy atom. The third-order valence-corrected chi connectivity index (χ3v) is 7.63. The normalized spacial score (nSPS) is 12.3. The summed E-state index contributed by atoms with van der Waals surface area (Å²) in [6.45, 7) is 9.52. The Morgan fingerprint density at radius 1 is 0.886 bits per heavy atom. The molecule has 3 aromatic carbocycles. The SMILES string of the molecule is C/C(CC(C)(C)c1ccccc1)=N/NC(=O)CN(c1ccc(C)cc1)S(=O)(=O)c1ccc(C)cc1. The van der Waals surface area contributed by atoms with Gasteiger partial charge in [0.05, 0.1) is 10.6 Å². The fraction of sp³-hybridized carbons (Fsp3) is 0.286. The number of hydrogen-bond donors (Lipinski definition) is 1. The van der Waals surface area contributed by atoms with Crippen LogP contribution in [0.4, 0.5) is 5.69 Å². The van der Waals surface area contributed by atoms with E-state index in [1.807, 2.05) is 51.1 Å². The number of nitrogens with zero attached hydrogens (tertiary/aromatic N) is 2. The molecule has 0 saturated carbocycles. The topological polar surface area (TPSA) is 78.8 Å². The molecular formula is C28H33N3O3S. The van der Waals surface area contributed by atoms with E-state index in [1.54, 1.807) is 36.4 Å². The molecule has 0 bridgehead atoms. The van der Waals surface area contributed by atoms with E-state index in [0.29, 0.717) is 12.1 Å². The smallest absolute Gasteiger partial charge is 0.264 e. The number of carbonyl (C=O) groups is 1. The number of amides is 1. The fourth-order valence-electron chi connectivity index (χ4n) is 3.86. The number of hydrazone groups is 1. The summed E-state index contributed by atoms with van der Waals surface area (Å²) in [4.78, 5) is 13.0. The number of nitrogens with one attached hydrogen (secondary N) is 1. The highest BCUT2D eigenvalue weighted by Crippen LogP contribution is 2.27. The second kappa shape index (κ2) is 10.9. The maximum Gasteiger partial charge on any atom is 0.264 e. The molecule has 1 amide bonds. The highest BCUT2D eigenvalue weighted by molar-refractivity contribution is 7.92. The van der Waals surface area contributed by atoms with Gasteiger partial charge in [0.25, 0.3) is 15.9 Å². The van der Waals surface area contributed by atoms with Crippen LogP contribution >= 0.6 is 0 Å². The first kappa shape index (κ1) is 26.2. The van der Waals surface area contributed by atoms with E-state index < -0.39 is 22.5 Å². The summed E-state index contributed by atoms with van der Waals surface area (Å²) in [5.74, 6) is -0.516. The molecule has 3 rings (SSSR count). The van der Waals surface area contributed by atoms with Crippen molar-refractivity contribution in [2.75, 3.05) is 10.8 Å². The Labute approximate surface area is 208 Å². The summed E-state index contributed by atoms with van der Waals surface area (Å²) in [7, 11) is -3.96. The molecule has 3 aromatic rings. The molecule has 35 heavy (non-hydrogen) atoms. The molecule has 7 heteroatoms. The van der Waals surface area contributed by atoms with Crippen LogP contribution in [0.2, 0.25) is 0 Å². The Morgan fingerprint density at radius 2 is 1.43 bits per heavy atom. The second-order valence-corrected chi connectivity index (χ2v) is 11.3. The van der Waals surface area contributed by atoms with E-state index in [4.69, 9.17) is 0 Å². The van der Waals surface area contributed by atoms with Crippen LogP contribution in [0.5, 0.6) is 0 Å². The third-order valence-electron chi connectivity index (χ3n) is 5.84. The van der Waals surface area contributed by atoms with Crippen LogP contribution in [0.15, 0.2) is 88.9 Å². The van der Waals surface area contributed by atoms with Gasteiger partial charge in [-0.3, -0.25) is 9.10 Å². The minimum Gasteiger partial charge on any atom is -0.271 e. The largest absolute Gasteiger partial charge is 0.271 e. The van der Waals surface area contributed by atoms with Crippen molar-refractivity contribution in [3.8, 4) is 0 Å². The van der Waals surface area contributed by atoms with E-state index in [2.05, 4.69) is 36.5 Å². The van der Waals surface area contributed by atoms with E-state index >= 15 is 0 Å². The van der Waals surface area contributed by atoms with Crippen LogP contribution in [0.25, 0.3) is 0 Å². The third kappa shape index (κ3) is 6.79. The van der Waals surface area contributed by atoms with Gasteiger partial charge in [-0.2, -0.15) is 5.10 Å². The first-order valence-corrected chi connectivity index (χ1v) is 13.0. The lowest BCUT2D eigenvalue weighted by Crippen LogP contribution is -2.39. The summed E-state index contributed by atoms with van der Waals surface area (Å²) in [5, 5.41) is 4.26. The summed E-state index contributed by atoms with van der Waals surface area (Å²) in [5.41, 5.74) is 6.66. The van der Waals surface area contributed by atoms with Gasteiger partial charge in [-0.25, -0.2) is 13.8 Å². The Balaban J connectivity index is 1.79. The molecule has 184 valence electrons. The minimum absolute atomic E-state index is 0.126. The van der Waals surface area contributed by atoms with Gasteiger partial charge in [0.15, 0.2) is 0 Å². The molecule has 0 aliphatic rings.